The lowest BCUT2D eigenvalue weighted by Gasteiger charge is -2.24. The molecule has 4 heterocycles. The standard InChI is InChI=1S/C34H36F3N7O2S2/c35-34(36,37)33(45)42-11-5-6-14-46-30-18-26(20-43(24-31-40-12-15-47-31)22-28-7-1-3-9-38-28)17-27(19-30)21-44(25-32-41-13-16-48-32)23-29-8-2-4-10-39-29/h1-4,7-10,12-13,15-19H,5-6,11,14,20-25H2,(H,42,45). The summed E-state index contributed by atoms with van der Waals surface area (Å²) >= 11 is 3.21. The summed E-state index contributed by atoms with van der Waals surface area (Å²) in [5, 5.41) is 7.84. The molecule has 5 rings (SSSR count). The van der Waals surface area contributed by atoms with Gasteiger partial charge in [0.1, 0.15) is 15.8 Å². The first-order valence-electron chi connectivity index (χ1n) is 15.4. The largest absolute Gasteiger partial charge is 0.494 e. The zero-order valence-corrected chi connectivity index (χ0v) is 27.8. The van der Waals surface area contributed by atoms with E-state index in [4.69, 9.17) is 4.74 Å². The minimum absolute atomic E-state index is 0.0779. The van der Waals surface area contributed by atoms with E-state index in [1.54, 1.807) is 47.5 Å². The summed E-state index contributed by atoms with van der Waals surface area (Å²) < 4.78 is 43.7. The molecule has 0 atom stereocenters. The second kappa shape index (κ2) is 17.8. The van der Waals surface area contributed by atoms with Gasteiger partial charge in [-0.05, 0) is 60.4 Å². The Morgan fingerprint density at radius 3 is 1.73 bits per heavy atom. The highest BCUT2D eigenvalue weighted by atomic mass is 32.1. The van der Waals surface area contributed by atoms with Crippen molar-refractivity contribution in [1.29, 1.82) is 0 Å². The van der Waals surface area contributed by atoms with Crippen LogP contribution in [0, 0.1) is 0 Å². The van der Waals surface area contributed by atoms with Crippen molar-refractivity contribution < 1.29 is 22.7 Å². The number of alkyl halides is 3. The smallest absolute Gasteiger partial charge is 0.471 e. The molecule has 0 aliphatic heterocycles. The van der Waals surface area contributed by atoms with Gasteiger partial charge in [0.25, 0.3) is 0 Å². The molecule has 1 amide bonds. The molecule has 0 saturated carbocycles. The van der Waals surface area contributed by atoms with Crippen LogP contribution in [0.3, 0.4) is 0 Å². The molecule has 4 aromatic heterocycles. The van der Waals surface area contributed by atoms with Crippen molar-refractivity contribution in [1.82, 2.24) is 35.1 Å². The van der Waals surface area contributed by atoms with Gasteiger partial charge in [0.15, 0.2) is 0 Å². The van der Waals surface area contributed by atoms with Crippen molar-refractivity contribution >= 4 is 28.6 Å². The lowest BCUT2D eigenvalue weighted by molar-refractivity contribution is -0.173. The summed E-state index contributed by atoms with van der Waals surface area (Å²) in [6.07, 6.45) is 3.13. The molecule has 9 nitrogen and oxygen atoms in total. The van der Waals surface area contributed by atoms with Crippen molar-refractivity contribution in [3.05, 3.63) is 123 Å². The highest BCUT2D eigenvalue weighted by molar-refractivity contribution is 7.09. The molecule has 5 aromatic rings. The van der Waals surface area contributed by atoms with Gasteiger partial charge in [-0.3, -0.25) is 24.6 Å². The monoisotopic (exact) mass is 695 g/mol. The summed E-state index contributed by atoms with van der Waals surface area (Å²) in [5.41, 5.74) is 3.98. The number of unbranched alkanes of at least 4 members (excludes halogenated alkanes) is 1. The Kier molecular flexibility index (Phi) is 13.0. The Morgan fingerprint density at radius 1 is 0.708 bits per heavy atom. The quantitative estimate of drug-likeness (QED) is 0.102. The second-order valence-corrected chi connectivity index (χ2v) is 13.0. The van der Waals surface area contributed by atoms with Gasteiger partial charge < -0.3 is 10.1 Å². The van der Waals surface area contributed by atoms with E-state index in [-0.39, 0.29) is 13.2 Å². The fraction of sp³-hybridized carbons (Fsp3) is 0.324. The van der Waals surface area contributed by atoms with Crippen molar-refractivity contribution in [2.45, 2.75) is 58.3 Å². The Bertz CT molecular complexity index is 1560. The van der Waals surface area contributed by atoms with Crippen LogP contribution < -0.4 is 10.1 Å². The maximum absolute atomic E-state index is 12.5. The van der Waals surface area contributed by atoms with Crippen LogP contribution in [0.5, 0.6) is 5.75 Å². The van der Waals surface area contributed by atoms with Crippen LogP contribution >= 0.6 is 22.7 Å². The number of thiazole rings is 2. The van der Waals surface area contributed by atoms with Crippen molar-refractivity contribution in [2.24, 2.45) is 0 Å². The fourth-order valence-corrected chi connectivity index (χ4v) is 6.37. The van der Waals surface area contributed by atoms with Gasteiger partial charge in [-0.1, -0.05) is 18.2 Å². The van der Waals surface area contributed by atoms with Crippen LogP contribution in [-0.4, -0.2) is 55.0 Å². The molecular formula is C34H36F3N7O2S2. The number of hydrogen-bond donors (Lipinski definition) is 1. The molecule has 1 aromatic carbocycles. The van der Waals surface area contributed by atoms with Gasteiger partial charge in [-0.25, -0.2) is 9.97 Å². The number of nitrogens with zero attached hydrogens (tertiary/aromatic N) is 6. The Balaban J connectivity index is 1.34. The van der Waals surface area contributed by atoms with E-state index in [1.165, 1.54) is 0 Å². The molecule has 48 heavy (non-hydrogen) atoms. The average molecular weight is 696 g/mol. The van der Waals surface area contributed by atoms with E-state index in [2.05, 4.69) is 35.8 Å². The first-order chi connectivity index (χ1) is 23.3. The number of carbonyl (C=O) groups is 1. The number of ether oxygens (including phenoxy) is 1. The number of amides is 1. The Hall–Kier alpha value is -4.24. The van der Waals surface area contributed by atoms with Crippen molar-refractivity contribution in [3.63, 3.8) is 0 Å². The molecule has 252 valence electrons. The lowest BCUT2D eigenvalue weighted by Crippen LogP contribution is -2.37. The van der Waals surface area contributed by atoms with E-state index in [0.717, 1.165) is 32.5 Å². The normalized spacial score (nSPS) is 11.7. The molecule has 0 fully saturated rings. The van der Waals surface area contributed by atoms with Gasteiger partial charge in [0, 0.05) is 68.3 Å². The first kappa shape index (κ1) is 35.1. The van der Waals surface area contributed by atoms with E-state index >= 15 is 0 Å². The molecular weight excluding hydrogens is 660 g/mol. The van der Waals surface area contributed by atoms with Gasteiger partial charge in [-0.15, -0.1) is 22.7 Å². The Labute approximate surface area is 285 Å². The van der Waals surface area contributed by atoms with Crippen LogP contribution in [0.25, 0.3) is 0 Å². The zero-order valence-electron chi connectivity index (χ0n) is 26.2. The van der Waals surface area contributed by atoms with Crippen LogP contribution in [0.15, 0.2) is 90.1 Å². The van der Waals surface area contributed by atoms with E-state index in [9.17, 15) is 18.0 Å². The molecule has 0 spiro atoms. The van der Waals surface area contributed by atoms with Crippen LogP contribution in [0.1, 0.15) is 45.4 Å². The highest BCUT2D eigenvalue weighted by Gasteiger charge is 2.38. The Morgan fingerprint density at radius 2 is 1.27 bits per heavy atom. The average Bonchev–Trinajstić information content (AvgIpc) is 3.78. The number of aromatic nitrogens is 4. The third-order valence-electron chi connectivity index (χ3n) is 7.13. The number of carbonyl (C=O) groups excluding carboxylic acids is 1. The SMILES string of the molecule is O=C(NCCCCOc1cc(CN(Cc2ccccn2)Cc2nccs2)cc(CN(Cc2ccccn2)Cc2nccs2)c1)C(F)(F)F. The van der Waals surface area contributed by atoms with E-state index in [1.807, 2.05) is 64.6 Å². The summed E-state index contributed by atoms with van der Waals surface area (Å²) in [7, 11) is 0. The van der Waals surface area contributed by atoms with Gasteiger partial charge >= 0.3 is 12.1 Å². The molecule has 0 aliphatic carbocycles. The van der Waals surface area contributed by atoms with Gasteiger partial charge in [0.2, 0.25) is 0 Å². The molecule has 0 aliphatic rings. The number of pyridine rings is 2. The van der Waals surface area contributed by atoms with E-state index in [0.29, 0.717) is 57.9 Å². The maximum atomic E-state index is 12.5. The lowest BCUT2D eigenvalue weighted by atomic mass is 10.1. The summed E-state index contributed by atoms with van der Waals surface area (Å²) in [5.74, 6) is -1.26. The molecule has 1 N–H and O–H groups in total. The summed E-state index contributed by atoms with van der Waals surface area (Å²) in [6.45, 7) is 3.97. The molecule has 0 radical (unpaired) electrons. The number of nitrogens with one attached hydrogen (secondary N) is 1. The number of rotatable bonds is 18. The van der Waals surface area contributed by atoms with Crippen LogP contribution in [0.2, 0.25) is 0 Å². The highest BCUT2D eigenvalue weighted by Crippen LogP contribution is 2.24. The predicted molar refractivity (Wildman–Crippen MR) is 179 cm³/mol. The predicted octanol–water partition coefficient (Wildman–Crippen LogP) is 6.63. The fourth-order valence-electron chi connectivity index (χ4n) is 5.05. The third-order valence-corrected chi connectivity index (χ3v) is 8.66. The second-order valence-electron chi connectivity index (χ2n) is 11.1. The molecule has 0 bridgehead atoms. The zero-order chi connectivity index (χ0) is 33.6. The third kappa shape index (κ3) is 11.8. The summed E-state index contributed by atoms with van der Waals surface area (Å²) in [4.78, 5) is 33.8. The van der Waals surface area contributed by atoms with Crippen molar-refractivity contribution in [2.75, 3.05) is 13.2 Å². The van der Waals surface area contributed by atoms with Gasteiger partial charge in [-0.2, -0.15) is 13.2 Å². The van der Waals surface area contributed by atoms with Gasteiger partial charge in [0.05, 0.1) is 31.1 Å². The molecule has 14 heteroatoms. The van der Waals surface area contributed by atoms with Crippen molar-refractivity contribution in [3.8, 4) is 5.75 Å². The summed E-state index contributed by atoms with van der Waals surface area (Å²) in [6, 6.07) is 17.9. The number of halogens is 3. The number of benzene rings is 1. The molecule has 0 saturated heterocycles. The topological polar surface area (TPSA) is 96.4 Å². The maximum Gasteiger partial charge on any atom is 0.471 e. The molecule has 0 unspecified atom stereocenters. The van der Waals surface area contributed by atoms with Crippen LogP contribution in [0.4, 0.5) is 13.2 Å². The minimum Gasteiger partial charge on any atom is -0.494 e. The number of hydrogen-bond acceptors (Lipinski definition) is 10. The first-order valence-corrected chi connectivity index (χ1v) is 17.2. The van der Waals surface area contributed by atoms with E-state index < -0.39 is 12.1 Å². The van der Waals surface area contributed by atoms with Crippen LogP contribution in [-0.2, 0) is 44.1 Å². The minimum atomic E-state index is -4.89.